The molecule has 2 aromatic carbocycles. The fourth-order valence-electron chi connectivity index (χ4n) is 10.2. The Kier molecular flexibility index (Phi) is 9.18. The molecule has 0 bridgehead atoms. The van der Waals surface area contributed by atoms with Crippen molar-refractivity contribution in [2.45, 2.75) is 108 Å². The highest BCUT2D eigenvalue weighted by Gasteiger charge is 2.56. The molecule has 2 aromatic heterocycles. The Bertz CT molecular complexity index is 2280. The van der Waals surface area contributed by atoms with Crippen molar-refractivity contribution in [3.63, 3.8) is 0 Å². The summed E-state index contributed by atoms with van der Waals surface area (Å²) in [5.41, 5.74) is 12.9. The minimum atomic E-state index is -2.35. The van der Waals surface area contributed by atoms with Gasteiger partial charge < -0.3 is 20.1 Å². The lowest BCUT2D eigenvalue weighted by Gasteiger charge is -2.38. The molecule has 4 fully saturated rings. The molecule has 0 radical (unpaired) electrons. The first-order valence-corrected chi connectivity index (χ1v) is 22.0. The van der Waals surface area contributed by atoms with Crippen LogP contribution in [0, 0.1) is 30.1 Å². The van der Waals surface area contributed by atoms with Crippen LogP contribution >= 0.6 is 0 Å². The molecule has 4 aliphatic rings. The minimum absolute atomic E-state index is 0.00366. The van der Waals surface area contributed by atoms with Gasteiger partial charge in [-0.3, -0.25) is 9.88 Å². The number of rotatable bonds is 8. The standard InChI is InChI=1S/C43H53F3N6O2Si/c1-24(2)55(25(3)4,26(5)6)16-11-31-35(45)10-9-28-17-30(47)18-32(36(28)31)38-27(7)39-33(20-48-38)41(52-14-15-53-22-34-37(46)40(34)52)50-42(49-39)54-23-43-12-8-13-51(43)21-29(44)19-43/h9-10,17-18,20,24-26,29,34,37,40H,8,12-15,19,21-23,47H2,1-7H3/t29-,34+,37+,40+,43+/m1/s1/i23D2. The van der Waals surface area contributed by atoms with Gasteiger partial charge in [0.05, 0.1) is 49.7 Å². The van der Waals surface area contributed by atoms with Crippen LogP contribution in [0.1, 0.15) is 74.7 Å². The average molecular weight is 773 g/mol. The lowest BCUT2D eigenvalue weighted by atomic mass is 9.94. The second-order valence-corrected chi connectivity index (χ2v) is 22.6. The summed E-state index contributed by atoms with van der Waals surface area (Å²) >= 11 is 0. The number of hydrogen-bond acceptors (Lipinski definition) is 8. The van der Waals surface area contributed by atoms with Crippen LogP contribution in [0.4, 0.5) is 24.7 Å². The van der Waals surface area contributed by atoms with Crippen molar-refractivity contribution in [1.29, 1.82) is 0 Å². The number of alkyl halides is 2. The van der Waals surface area contributed by atoms with Gasteiger partial charge in [-0.25, -0.2) is 13.2 Å². The van der Waals surface area contributed by atoms with Crippen LogP contribution in [0.5, 0.6) is 6.01 Å². The molecular weight excluding hydrogens is 718 g/mol. The summed E-state index contributed by atoms with van der Waals surface area (Å²) in [4.78, 5) is 18.3. The first-order valence-electron chi connectivity index (χ1n) is 20.8. The molecule has 1 aliphatic carbocycles. The van der Waals surface area contributed by atoms with Gasteiger partial charge in [0, 0.05) is 53.8 Å². The molecule has 292 valence electrons. The van der Waals surface area contributed by atoms with Crippen LogP contribution in [0.3, 0.4) is 0 Å². The average Bonchev–Trinajstić information content (AvgIpc) is 3.50. The summed E-state index contributed by atoms with van der Waals surface area (Å²) in [5.74, 6) is 2.97. The van der Waals surface area contributed by atoms with Crippen LogP contribution < -0.4 is 15.4 Å². The van der Waals surface area contributed by atoms with Gasteiger partial charge in [0.1, 0.15) is 38.6 Å². The molecule has 3 aliphatic heterocycles. The van der Waals surface area contributed by atoms with Crippen LogP contribution in [-0.4, -0.2) is 91.3 Å². The van der Waals surface area contributed by atoms with Gasteiger partial charge >= 0.3 is 6.01 Å². The van der Waals surface area contributed by atoms with Gasteiger partial charge in [0.15, 0.2) is 0 Å². The van der Waals surface area contributed by atoms with Gasteiger partial charge in [-0.2, -0.15) is 9.97 Å². The smallest absolute Gasteiger partial charge is 0.319 e. The number of nitrogens with two attached hydrogens (primary N) is 1. The Morgan fingerprint density at radius 1 is 1.11 bits per heavy atom. The summed E-state index contributed by atoms with van der Waals surface area (Å²) < 4.78 is 76.8. The van der Waals surface area contributed by atoms with Crippen molar-refractivity contribution < 1.29 is 25.4 Å². The number of ether oxygens (including phenoxy) is 2. The third-order valence-corrected chi connectivity index (χ3v) is 19.2. The third-order valence-electron chi connectivity index (χ3n) is 12.9. The number of fused-ring (bicyclic) bond motifs is 4. The van der Waals surface area contributed by atoms with Crippen LogP contribution in [-0.2, 0) is 4.74 Å². The fraction of sp³-hybridized carbons (Fsp3) is 0.558. The maximum atomic E-state index is 16.2. The fourth-order valence-corrected chi connectivity index (χ4v) is 15.4. The van der Waals surface area contributed by atoms with Gasteiger partial charge in [0.25, 0.3) is 0 Å². The molecule has 8 nitrogen and oxygen atoms in total. The molecule has 5 heterocycles. The maximum absolute atomic E-state index is 16.2. The van der Waals surface area contributed by atoms with Crippen molar-refractivity contribution in [3.05, 3.63) is 47.4 Å². The molecule has 3 saturated heterocycles. The Hall–Kier alpha value is -3.92. The number of nitrogen functional groups attached to an aromatic ring is 1. The monoisotopic (exact) mass is 772 g/mol. The zero-order valence-corrected chi connectivity index (χ0v) is 33.8. The Balaban J connectivity index is 1.33. The highest BCUT2D eigenvalue weighted by Crippen LogP contribution is 2.46. The highest BCUT2D eigenvalue weighted by atomic mass is 28.3. The molecule has 12 heteroatoms. The first-order chi connectivity index (χ1) is 27.0. The van der Waals surface area contributed by atoms with E-state index in [-0.39, 0.29) is 30.5 Å². The molecule has 1 saturated carbocycles. The number of benzene rings is 2. The lowest BCUT2D eigenvalue weighted by Crippen LogP contribution is -2.43. The van der Waals surface area contributed by atoms with Gasteiger partial charge in [-0.1, -0.05) is 53.5 Å². The normalized spacial score (nSPS) is 26.2. The molecule has 2 N–H and O–H groups in total. The maximum Gasteiger partial charge on any atom is 0.319 e. The number of pyridine rings is 1. The topological polar surface area (TPSA) is 89.6 Å². The molecule has 5 atom stereocenters. The summed E-state index contributed by atoms with van der Waals surface area (Å²) in [5, 5.41) is 1.82. The minimum Gasteiger partial charge on any atom is -0.461 e. The van der Waals surface area contributed by atoms with Crippen molar-refractivity contribution in [2.24, 2.45) is 5.92 Å². The van der Waals surface area contributed by atoms with Crippen LogP contribution in [0.2, 0.25) is 16.6 Å². The predicted octanol–water partition coefficient (Wildman–Crippen LogP) is 8.57. The zero-order valence-electron chi connectivity index (χ0n) is 34.8. The van der Waals surface area contributed by atoms with E-state index in [0.717, 1.165) is 6.42 Å². The van der Waals surface area contributed by atoms with E-state index >= 15 is 8.78 Å². The van der Waals surface area contributed by atoms with Gasteiger partial charge in [0.2, 0.25) is 0 Å². The Labute approximate surface area is 326 Å². The SMILES string of the molecule is [2H]C([2H])(Oc1nc(N2CCOC[C@H]3[C@H](F)[C@H]32)c2cnc(-c3cc(N)cc4ccc(F)c(C#C[Si](C(C)C)(C(C)C)C(C)C)c34)c(C)c2n1)[C@@]12CCCN1C[C@H](F)C2. The Morgan fingerprint density at radius 2 is 1.87 bits per heavy atom. The molecule has 8 rings (SSSR count). The highest BCUT2D eigenvalue weighted by molar-refractivity contribution is 6.90. The van der Waals surface area contributed by atoms with Crippen molar-refractivity contribution in [3.8, 4) is 28.7 Å². The summed E-state index contributed by atoms with van der Waals surface area (Å²) in [7, 11) is -2.25. The van der Waals surface area contributed by atoms with Crippen molar-refractivity contribution in [2.75, 3.05) is 50.0 Å². The van der Waals surface area contributed by atoms with E-state index in [1.54, 1.807) is 18.3 Å². The van der Waals surface area contributed by atoms with Crippen molar-refractivity contribution in [1.82, 2.24) is 19.9 Å². The number of anilines is 2. The molecule has 0 spiro atoms. The molecule has 0 amide bonds. The van der Waals surface area contributed by atoms with E-state index < -0.39 is 44.4 Å². The molecule has 55 heavy (non-hydrogen) atoms. The van der Waals surface area contributed by atoms with Gasteiger partial charge in [-0.05, 0) is 66.5 Å². The molecular formula is C43H53F3N6O2Si. The second-order valence-electron chi connectivity index (χ2n) is 17.0. The number of aromatic nitrogens is 3. The van der Waals surface area contributed by atoms with E-state index in [0.29, 0.717) is 99.3 Å². The summed E-state index contributed by atoms with van der Waals surface area (Å²) in [6.07, 6.45) is 0.498. The predicted molar refractivity (Wildman–Crippen MR) is 216 cm³/mol. The van der Waals surface area contributed by atoms with Crippen LogP contribution in [0.15, 0.2) is 30.5 Å². The quantitative estimate of drug-likeness (QED) is 0.108. The summed E-state index contributed by atoms with van der Waals surface area (Å²) in [6.45, 7) is 14.5. The zero-order chi connectivity index (χ0) is 40.8. The third kappa shape index (κ3) is 6.34. The number of hydrogen-bond donors (Lipinski definition) is 1. The first kappa shape index (κ1) is 35.5. The Morgan fingerprint density at radius 3 is 2.62 bits per heavy atom. The van der Waals surface area contributed by atoms with E-state index in [9.17, 15) is 7.13 Å². The van der Waals surface area contributed by atoms with Crippen LogP contribution in [0.25, 0.3) is 32.9 Å². The van der Waals surface area contributed by atoms with E-state index in [1.807, 2.05) is 22.8 Å². The second kappa shape index (κ2) is 14.2. The number of halogens is 3. The molecule has 0 unspecified atom stereocenters. The van der Waals surface area contributed by atoms with E-state index in [4.69, 9.17) is 30.2 Å². The lowest BCUT2D eigenvalue weighted by molar-refractivity contribution is 0.107. The number of aryl methyl sites for hydroxylation is 1. The van der Waals surface area contributed by atoms with E-state index in [2.05, 4.69) is 53.0 Å². The number of nitrogens with zero attached hydrogens (tertiary/aromatic N) is 5. The van der Waals surface area contributed by atoms with Crippen molar-refractivity contribution >= 4 is 41.3 Å². The largest absolute Gasteiger partial charge is 0.461 e. The van der Waals surface area contributed by atoms with Gasteiger partial charge in [-0.15, -0.1) is 5.54 Å². The van der Waals surface area contributed by atoms with E-state index in [1.165, 1.54) is 6.07 Å². The molecule has 4 aromatic rings. The summed E-state index contributed by atoms with van der Waals surface area (Å²) in [6, 6.07) is 6.00.